The molecule has 0 saturated carbocycles. The third kappa shape index (κ3) is 3.91. The zero-order valence-electron chi connectivity index (χ0n) is 15.7. The fraction of sp³-hybridized carbons (Fsp3) is 0.350. The van der Waals surface area contributed by atoms with Crippen LogP contribution in [-0.2, 0) is 11.3 Å². The lowest BCUT2D eigenvalue weighted by atomic mass is 10.1. The summed E-state index contributed by atoms with van der Waals surface area (Å²) in [6.07, 6.45) is 4.34. The Balaban J connectivity index is 1.49. The summed E-state index contributed by atoms with van der Waals surface area (Å²) in [6, 6.07) is 11.3. The fourth-order valence-electron chi connectivity index (χ4n) is 3.40. The van der Waals surface area contributed by atoms with Gasteiger partial charge in [-0.2, -0.15) is 10.2 Å². The van der Waals surface area contributed by atoms with E-state index in [2.05, 4.69) is 15.3 Å². The molecule has 0 unspecified atom stereocenters. The van der Waals surface area contributed by atoms with E-state index in [1.165, 1.54) is 0 Å². The normalized spacial score (nSPS) is 17.3. The van der Waals surface area contributed by atoms with Gasteiger partial charge in [-0.05, 0) is 30.7 Å². The molecule has 4 rings (SSSR count). The molecule has 1 atom stereocenters. The summed E-state index contributed by atoms with van der Waals surface area (Å²) < 4.78 is 13.1. The van der Waals surface area contributed by atoms with Gasteiger partial charge in [0.05, 0.1) is 25.5 Å². The Bertz CT molecular complexity index is 922. The SMILES string of the molecule is COc1ccccc1-c1cc(C(=O)N2CCCO[C@H](Cn3cccn3)C2)[nH]n1. The van der Waals surface area contributed by atoms with Crippen LogP contribution in [0.1, 0.15) is 16.9 Å². The number of carbonyl (C=O) groups is 1. The number of nitrogens with zero attached hydrogens (tertiary/aromatic N) is 4. The largest absolute Gasteiger partial charge is 0.496 e. The van der Waals surface area contributed by atoms with Gasteiger partial charge in [0.2, 0.25) is 0 Å². The second-order valence-electron chi connectivity index (χ2n) is 6.69. The minimum atomic E-state index is -0.0945. The minimum Gasteiger partial charge on any atom is -0.496 e. The number of aromatic nitrogens is 4. The predicted molar refractivity (Wildman–Crippen MR) is 103 cm³/mol. The number of rotatable bonds is 5. The van der Waals surface area contributed by atoms with Crippen molar-refractivity contribution in [1.82, 2.24) is 24.9 Å². The van der Waals surface area contributed by atoms with E-state index in [9.17, 15) is 4.79 Å². The van der Waals surface area contributed by atoms with Crippen LogP contribution in [-0.4, -0.2) is 63.7 Å². The third-order valence-corrected chi connectivity index (χ3v) is 4.78. The highest BCUT2D eigenvalue weighted by molar-refractivity contribution is 5.93. The Morgan fingerprint density at radius 1 is 1.36 bits per heavy atom. The molecule has 1 N–H and O–H groups in total. The van der Waals surface area contributed by atoms with Crippen molar-refractivity contribution in [3.05, 3.63) is 54.5 Å². The molecule has 8 nitrogen and oxygen atoms in total. The van der Waals surface area contributed by atoms with Gasteiger partial charge in [0.1, 0.15) is 11.4 Å². The van der Waals surface area contributed by atoms with Gasteiger partial charge in [0.25, 0.3) is 5.91 Å². The fourth-order valence-corrected chi connectivity index (χ4v) is 3.40. The van der Waals surface area contributed by atoms with Crippen LogP contribution >= 0.6 is 0 Å². The number of benzene rings is 1. The predicted octanol–water partition coefficient (Wildman–Crippen LogP) is 2.21. The Morgan fingerprint density at radius 2 is 2.25 bits per heavy atom. The number of ether oxygens (including phenoxy) is 2. The molecule has 0 bridgehead atoms. The second kappa shape index (κ2) is 8.26. The number of H-pyrrole nitrogens is 1. The van der Waals surface area contributed by atoms with E-state index in [1.807, 2.05) is 46.1 Å². The molecular formula is C20H23N5O3. The molecule has 8 heteroatoms. The molecular weight excluding hydrogens is 358 g/mol. The quantitative estimate of drug-likeness (QED) is 0.732. The van der Waals surface area contributed by atoms with Gasteiger partial charge < -0.3 is 14.4 Å². The molecule has 1 aliphatic rings. The smallest absolute Gasteiger partial charge is 0.271 e. The average molecular weight is 381 g/mol. The molecule has 0 radical (unpaired) electrons. The van der Waals surface area contributed by atoms with Gasteiger partial charge in [-0.3, -0.25) is 14.6 Å². The highest BCUT2D eigenvalue weighted by atomic mass is 16.5. The summed E-state index contributed by atoms with van der Waals surface area (Å²) in [5.41, 5.74) is 1.98. The Kier molecular flexibility index (Phi) is 5.38. The lowest BCUT2D eigenvalue weighted by molar-refractivity contribution is 0.0365. The summed E-state index contributed by atoms with van der Waals surface area (Å²) in [5.74, 6) is 0.639. The molecule has 1 aliphatic heterocycles. The van der Waals surface area contributed by atoms with Gasteiger partial charge in [0.15, 0.2) is 0 Å². The third-order valence-electron chi connectivity index (χ3n) is 4.78. The summed E-state index contributed by atoms with van der Waals surface area (Å²) in [7, 11) is 1.62. The Morgan fingerprint density at radius 3 is 3.07 bits per heavy atom. The molecule has 0 aliphatic carbocycles. The number of carbonyl (C=O) groups excluding carboxylic acids is 1. The van der Waals surface area contributed by atoms with Gasteiger partial charge >= 0.3 is 0 Å². The van der Waals surface area contributed by atoms with Gasteiger partial charge in [-0.25, -0.2) is 0 Å². The zero-order valence-corrected chi connectivity index (χ0v) is 15.7. The van der Waals surface area contributed by atoms with E-state index in [0.717, 1.165) is 17.7 Å². The van der Waals surface area contributed by atoms with Gasteiger partial charge in [-0.15, -0.1) is 0 Å². The monoisotopic (exact) mass is 381 g/mol. The van der Waals surface area contributed by atoms with Crippen LogP contribution < -0.4 is 4.74 Å². The molecule has 1 amide bonds. The Labute approximate surface area is 163 Å². The van der Waals surface area contributed by atoms with E-state index < -0.39 is 0 Å². The maximum Gasteiger partial charge on any atom is 0.271 e. The summed E-state index contributed by atoms with van der Waals surface area (Å²) in [4.78, 5) is 14.9. The number of hydrogen-bond donors (Lipinski definition) is 1. The summed E-state index contributed by atoms with van der Waals surface area (Å²) in [5, 5.41) is 11.4. The van der Waals surface area contributed by atoms with Crippen molar-refractivity contribution in [2.24, 2.45) is 0 Å². The molecule has 3 aromatic rings. The van der Waals surface area contributed by atoms with Crippen LogP contribution in [0, 0.1) is 0 Å². The highest BCUT2D eigenvalue weighted by Crippen LogP contribution is 2.28. The zero-order chi connectivity index (χ0) is 19.3. The number of methoxy groups -OCH3 is 1. The van der Waals surface area contributed by atoms with Crippen LogP contribution in [0.4, 0.5) is 0 Å². The number of hydrogen-bond acceptors (Lipinski definition) is 5. The van der Waals surface area contributed by atoms with E-state index in [4.69, 9.17) is 9.47 Å². The maximum absolute atomic E-state index is 13.0. The van der Waals surface area contributed by atoms with Crippen LogP contribution in [0.5, 0.6) is 5.75 Å². The maximum atomic E-state index is 13.0. The van der Waals surface area contributed by atoms with Crippen molar-refractivity contribution < 1.29 is 14.3 Å². The van der Waals surface area contributed by atoms with Crippen LogP contribution in [0.25, 0.3) is 11.3 Å². The Hall–Kier alpha value is -3.13. The van der Waals surface area contributed by atoms with Crippen molar-refractivity contribution in [2.75, 3.05) is 26.8 Å². The van der Waals surface area contributed by atoms with Crippen LogP contribution in [0.15, 0.2) is 48.8 Å². The van der Waals surface area contributed by atoms with Crippen LogP contribution in [0.2, 0.25) is 0 Å². The molecule has 146 valence electrons. The lowest BCUT2D eigenvalue weighted by Crippen LogP contribution is -2.38. The van der Waals surface area contributed by atoms with Crippen molar-refractivity contribution in [3.63, 3.8) is 0 Å². The first-order chi connectivity index (χ1) is 13.7. The summed E-state index contributed by atoms with van der Waals surface area (Å²) >= 11 is 0. The lowest BCUT2D eigenvalue weighted by Gasteiger charge is -2.23. The molecule has 0 spiro atoms. The van der Waals surface area contributed by atoms with Gasteiger partial charge in [0, 0.05) is 37.7 Å². The standard InChI is InChI=1S/C20H23N5O3/c1-27-19-7-3-2-6-16(19)17-12-18(23-22-17)20(26)24-9-5-11-28-15(13-24)14-25-10-4-8-21-25/h2-4,6-8,10,12,15H,5,9,11,13-14H2,1H3,(H,22,23)/t15-/m0/s1. The van der Waals surface area contributed by atoms with Crippen molar-refractivity contribution in [1.29, 1.82) is 0 Å². The first kappa shape index (κ1) is 18.2. The van der Waals surface area contributed by atoms with E-state index in [0.29, 0.717) is 37.6 Å². The minimum absolute atomic E-state index is 0.0791. The molecule has 2 aromatic heterocycles. The number of nitrogens with one attached hydrogen (secondary N) is 1. The van der Waals surface area contributed by atoms with E-state index >= 15 is 0 Å². The van der Waals surface area contributed by atoms with E-state index in [1.54, 1.807) is 19.4 Å². The van der Waals surface area contributed by atoms with Crippen LogP contribution in [0.3, 0.4) is 0 Å². The molecule has 28 heavy (non-hydrogen) atoms. The number of para-hydroxylation sites is 1. The average Bonchev–Trinajstić information content (AvgIpc) is 3.36. The first-order valence-electron chi connectivity index (χ1n) is 9.31. The summed E-state index contributed by atoms with van der Waals surface area (Å²) in [6.45, 7) is 2.41. The molecule has 1 aromatic carbocycles. The molecule has 3 heterocycles. The number of amides is 1. The van der Waals surface area contributed by atoms with Crippen molar-refractivity contribution in [3.8, 4) is 17.0 Å². The first-order valence-corrected chi connectivity index (χ1v) is 9.31. The molecule has 1 saturated heterocycles. The van der Waals surface area contributed by atoms with Crippen molar-refractivity contribution >= 4 is 5.91 Å². The van der Waals surface area contributed by atoms with Crippen molar-refractivity contribution in [2.45, 2.75) is 19.1 Å². The van der Waals surface area contributed by atoms with Gasteiger partial charge in [-0.1, -0.05) is 12.1 Å². The molecule has 1 fully saturated rings. The second-order valence-corrected chi connectivity index (χ2v) is 6.69. The van der Waals surface area contributed by atoms with E-state index in [-0.39, 0.29) is 12.0 Å². The topological polar surface area (TPSA) is 85.3 Å². The number of aromatic amines is 1. The highest BCUT2D eigenvalue weighted by Gasteiger charge is 2.25.